The zero-order valence-corrected chi connectivity index (χ0v) is 8.66. The monoisotopic (exact) mass is 205 g/mol. The second-order valence-corrected chi connectivity index (χ2v) is 3.83. The Labute approximate surface area is 86.8 Å². The summed E-state index contributed by atoms with van der Waals surface area (Å²) in [5.41, 5.74) is 2.10. The lowest BCUT2D eigenvalue weighted by atomic mass is 10.2. The Kier molecular flexibility index (Phi) is 2.47. The summed E-state index contributed by atoms with van der Waals surface area (Å²) in [4.78, 5) is 4.40. The van der Waals surface area contributed by atoms with Crippen molar-refractivity contribution in [3.63, 3.8) is 0 Å². The fraction of sp³-hybridized carbons (Fsp3) is 0.100. The zero-order valence-electron chi connectivity index (χ0n) is 7.84. The minimum atomic E-state index is 0.823. The predicted molar refractivity (Wildman–Crippen MR) is 60.1 cm³/mol. The number of hydrogen-bond acceptors (Lipinski definition) is 4. The second kappa shape index (κ2) is 3.77. The van der Waals surface area contributed by atoms with E-state index in [1.807, 2.05) is 35.7 Å². The van der Waals surface area contributed by atoms with Gasteiger partial charge in [-0.05, 0) is 0 Å². The molecule has 0 radical (unpaired) electrons. The van der Waals surface area contributed by atoms with Crippen LogP contribution >= 0.6 is 11.3 Å². The van der Waals surface area contributed by atoms with Crippen LogP contribution in [0.4, 0.5) is 5.13 Å². The van der Waals surface area contributed by atoms with Crippen molar-refractivity contribution in [2.45, 2.75) is 0 Å². The van der Waals surface area contributed by atoms with Crippen molar-refractivity contribution in [2.24, 2.45) is 5.84 Å². The van der Waals surface area contributed by atoms with E-state index < -0.39 is 0 Å². The third-order valence-corrected chi connectivity index (χ3v) is 2.79. The van der Waals surface area contributed by atoms with Crippen molar-refractivity contribution in [3.8, 4) is 11.3 Å². The molecule has 0 aliphatic heterocycles. The average Bonchev–Trinajstić information content (AvgIpc) is 2.68. The quantitative estimate of drug-likeness (QED) is 0.603. The van der Waals surface area contributed by atoms with Crippen molar-refractivity contribution in [2.75, 3.05) is 12.1 Å². The summed E-state index contributed by atoms with van der Waals surface area (Å²) in [5.74, 6) is 5.59. The van der Waals surface area contributed by atoms with Gasteiger partial charge in [-0.1, -0.05) is 30.3 Å². The zero-order chi connectivity index (χ0) is 9.97. The van der Waals surface area contributed by atoms with Gasteiger partial charge >= 0.3 is 0 Å². The van der Waals surface area contributed by atoms with Gasteiger partial charge in [-0.15, -0.1) is 11.3 Å². The Morgan fingerprint density at radius 3 is 2.57 bits per heavy atom. The third kappa shape index (κ3) is 1.76. The number of benzene rings is 1. The summed E-state index contributed by atoms with van der Waals surface area (Å²) in [6.45, 7) is 0. The molecule has 2 aromatic rings. The van der Waals surface area contributed by atoms with Gasteiger partial charge in [0.25, 0.3) is 0 Å². The Bertz CT molecular complexity index is 408. The standard InChI is InChI=1S/C10H11N3S/c1-13(11)10-12-9(7-14-10)8-5-3-2-4-6-8/h2-7H,11H2,1H3. The van der Waals surface area contributed by atoms with Crippen molar-refractivity contribution in [1.82, 2.24) is 4.98 Å². The van der Waals surface area contributed by atoms with Crippen LogP contribution in [0.5, 0.6) is 0 Å². The minimum absolute atomic E-state index is 0.823. The van der Waals surface area contributed by atoms with E-state index in [-0.39, 0.29) is 0 Å². The Balaban J connectivity index is 2.34. The van der Waals surface area contributed by atoms with E-state index in [1.54, 1.807) is 18.4 Å². The van der Waals surface area contributed by atoms with E-state index >= 15 is 0 Å². The van der Waals surface area contributed by atoms with Crippen LogP contribution in [0, 0.1) is 0 Å². The molecule has 0 aliphatic carbocycles. The average molecular weight is 205 g/mol. The first-order chi connectivity index (χ1) is 6.77. The number of rotatable bonds is 2. The van der Waals surface area contributed by atoms with E-state index in [4.69, 9.17) is 5.84 Å². The molecule has 4 heteroatoms. The summed E-state index contributed by atoms with van der Waals surface area (Å²) in [7, 11) is 1.79. The SMILES string of the molecule is CN(N)c1nc(-c2ccccc2)cs1. The third-order valence-electron chi connectivity index (χ3n) is 1.86. The number of anilines is 1. The predicted octanol–water partition coefficient (Wildman–Crippen LogP) is 2.12. The molecule has 1 aromatic heterocycles. The molecular formula is C10H11N3S. The molecule has 0 atom stereocenters. The van der Waals surface area contributed by atoms with Gasteiger partial charge in [-0.25, -0.2) is 10.8 Å². The number of nitrogens with zero attached hydrogens (tertiary/aromatic N) is 2. The van der Waals surface area contributed by atoms with E-state index in [1.165, 1.54) is 5.01 Å². The first-order valence-corrected chi connectivity index (χ1v) is 5.15. The van der Waals surface area contributed by atoms with Crippen molar-refractivity contribution in [3.05, 3.63) is 35.7 Å². The number of aromatic nitrogens is 1. The Hall–Kier alpha value is -1.39. The number of hydrazine groups is 1. The fourth-order valence-corrected chi connectivity index (χ4v) is 1.89. The van der Waals surface area contributed by atoms with Crippen LogP contribution in [0.3, 0.4) is 0 Å². The molecule has 72 valence electrons. The van der Waals surface area contributed by atoms with Crippen LogP contribution in [0.1, 0.15) is 0 Å². The number of nitrogens with two attached hydrogens (primary N) is 1. The maximum absolute atomic E-state index is 5.59. The molecule has 0 saturated heterocycles. The molecule has 2 N–H and O–H groups in total. The Morgan fingerprint density at radius 2 is 2.00 bits per heavy atom. The number of thiazole rings is 1. The highest BCUT2D eigenvalue weighted by molar-refractivity contribution is 7.14. The number of hydrogen-bond donors (Lipinski definition) is 1. The topological polar surface area (TPSA) is 42.1 Å². The van der Waals surface area contributed by atoms with E-state index in [0.29, 0.717) is 0 Å². The van der Waals surface area contributed by atoms with Crippen LogP contribution in [0.25, 0.3) is 11.3 Å². The molecule has 0 fully saturated rings. The lowest BCUT2D eigenvalue weighted by molar-refractivity contribution is 1.00. The summed E-state index contributed by atoms with van der Waals surface area (Å²) in [5, 5.41) is 4.36. The molecular weight excluding hydrogens is 194 g/mol. The molecule has 3 nitrogen and oxygen atoms in total. The first-order valence-electron chi connectivity index (χ1n) is 4.27. The highest BCUT2D eigenvalue weighted by Crippen LogP contribution is 2.25. The van der Waals surface area contributed by atoms with Crippen LogP contribution in [0.15, 0.2) is 35.7 Å². The maximum Gasteiger partial charge on any atom is 0.199 e. The molecule has 0 saturated carbocycles. The highest BCUT2D eigenvalue weighted by Gasteiger charge is 2.04. The van der Waals surface area contributed by atoms with Crippen molar-refractivity contribution < 1.29 is 0 Å². The first kappa shape index (κ1) is 9.18. The lowest BCUT2D eigenvalue weighted by Gasteiger charge is -2.05. The second-order valence-electron chi connectivity index (χ2n) is 2.99. The van der Waals surface area contributed by atoms with Gasteiger partial charge in [0.05, 0.1) is 5.69 Å². The smallest absolute Gasteiger partial charge is 0.199 e. The van der Waals surface area contributed by atoms with E-state index in [0.717, 1.165) is 16.4 Å². The van der Waals surface area contributed by atoms with Crippen LogP contribution in [-0.4, -0.2) is 12.0 Å². The van der Waals surface area contributed by atoms with Crippen LogP contribution in [0.2, 0.25) is 0 Å². The summed E-state index contributed by atoms with van der Waals surface area (Å²) in [6.07, 6.45) is 0. The van der Waals surface area contributed by atoms with Gasteiger partial charge in [0, 0.05) is 18.0 Å². The highest BCUT2D eigenvalue weighted by atomic mass is 32.1. The van der Waals surface area contributed by atoms with Gasteiger partial charge < -0.3 is 0 Å². The molecule has 1 heterocycles. The largest absolute Gasteiger partial charge is 0.289 e. The lowest BCUT2D eigenvalue weighted by Crippen LogP contribution is -2.24. The Morgan fingerprint density at radius 1 is 1.29 bits per heavy atom. The van der Waals surface area contributed by atoms with Gasteiger partial charge in [0.1, 0.15) is 0 Å². The molecule has 14 heavy (non-hydrogen) atoms. The van der Waals surface area contributed by atoms with Crippen molar-refractivity contribution in [1.29, 1.82) is 0 Å². The van der Waals surface area contributed by atoms with E-state index in [9.17, 15) is 0 Å². The molecule has 1 aromatic carbocycles. The van der Waals surface area contributed by atoms with Gasteiger partial charge in [-0.2, -0.15) is 0 Å². The minimum Gasteiger partial charge on any atom is -0.289 e. The van der Waals surface area contributed by atoms with Crippen LogP contribution < -0.4 is 10.9 Å². The normalized spacial score (nSPS) is 10.1. The summed E-state index contributed by atoms with van der Waals surface area (Å²) >= 11 is 1.54. The van der Waals surface area contributed by atoms with Gasteiger partial charge in [0.15, 0.2) is 5.13 Å². The van der Waals surface area contributed by atoms with E-state index in [2.05, 4.69) is 4.98 Å². The summed E-state index contributed by atoms with van der Waals surface area (Å²) < 4.78 is 0. The molecule has 0 aliphatic rings. The summed E-state index contributed by atoms with van der Waals surface area (Å²) in [6, 6.07) is 10.1. The molecule has 0 spiro atoms. The van der Waals surface area contributed by atoms with Gasteiger partial charge in [0.2, 0.25) is 0 Å². The molecule has 0 unspecified atom stereocenters. The van der Waals surface area contributed by atoms with Crippen molar-refractivity contribution >= 4 is 16.5 Å². The molecule has 0 bridgehead atoms. The molecule has 0 amide bonds. The maximum atomic E-state index is 5.59. The molecule has 2 rings (SSSR count). The fourth-order valence-electron chi connectivity index (χ4n) is 1.17. The van der Waals surface area contributed by atoms with Crippen LogP contribution in [-0.2, 0) is 0 Å². The van der Waals surface area contributed by atoms with Gasteiger partial charge in [-0.3, -0.25) is 5.01 Å².